The molecular weight excluding hydrogens is 472 g/mol. The molecule has 1 aliphatic rings. The van der Waals surface area contributed by atoms with Crippen molar-refractivity contribution in [3.8, 4) is 10.7 Å². The van der Waals surface area contributed by atoms with Crippen LogP contribution in [0.4, 0.5) is 5.69 Å². The lowest BCUT2D eigenvalue weighted by Crippen LogP contribution is -2.43. The van der Waals surface area contributed by atoms with E-state index in [-0.39, 0.29) is 17.3 Å². The highest BCUT2D eigenvalue weighted by molar-refractivity contribution is 7.89. The van der Waals surface area contributed by atoms with Crippen molar-refractivity contribution in [2.24, 2.45) is 5.92 Å². The maximum Gasteiger partial charge on any atom is 0.244 e. The van der Waals surface area contributed by atoms with E-state index >= 15 is 0 Å². The Balaban J connectivity index is 1.53. The summed E-state index contributed by atoms with van der Waals surface area (Å²) in [6, 6.07) is 6.89. The SMILES string of the molecule is Cc1nc(-c2cc(S(=O)(=O)N3CCC[C@@H](C(=O)Nc4cccc(Cl)c4C)C3)c(C)s2)no1. The number of anilines is 1. The minimum absolute atomic E-state index is 0.125. The van der Waals surface area contributed by atoms with Crippen LogP contribution in [-0.4, -0.2) is 41.9 Å². The smallest absolute Gasteiger partial charge is 0.244 e. The Morgan fingerprint density at radius 1 is 1.31 bits per heavy atom. The van der Waals surface area contributed by atoms with E-state index in [0.29, 0.717) is 51.6 Å². The summed E-state index contributed by atoms with van der Waals surface area (Å²) < 4.78 is 33.2. The topological polar surface area (TPSA) is 105 Å². The molecule has 1 saturated heterocycles. The maximum atomic E-state index is 13.4. The largest absolute Gasteiger partial charge is 0.339 e. The van der Waals surface area contributed by atoms with E-state index in [1.165, 1.54) is 15.6 Å². The van der Waals surface area contributed by atoms with Gasteiger partial charge < -0.3 is 9.84 Å². The lowest BCUT2D eigenvalue weighted by Gasteiger charge is -2.31. The molecule has 2 aromatic heterocycles. The van der Waals surface area contributed by atoms with E-state index in [9.17, 15) is 13.2 Å². The molecule has 8 nitrogen and oxygen atoms in total. The normalized spacial score (nSPS) is 17.4. The van der Waals surface area contributed by atoms with Gasteiger partial charge in [-0.05, 0) is 50.5 Å². The number of nitrogens with zero attached hydrogens (tertiary/aromatic N) is 3. The third-order valence-electron chi connectivity index (χ3n) is 5.52. The highest BCUT2D eigenvalue weighted by atomic mass is 35.5. The summed E-state index contributed by atoms with van der Waals surface area (Å²) in [5.41, 5.74) is 1.41. The number of thiophene rings is 1. The van der Waals surface area contributed by atoms with Crippen LogP contribution in [0.3, 0.4) is 0 Å². The van der Waals surface area contributed by atoms with Crippen LogP contribution in [0.5, 0.6) is 0 Å². The molecule has 1 amide bonds. The number of benzene rings is 1. The summed E-state index contributed by atoms with van der Waals surface area (Å²) in [6.45, 7) is 5.76. The zero-order chi connectivity index (χ0) is 23.0. The average Bonchev–Trinajstić information content (AvgIpc) is 3.37. The minimum atomic E-state index is -3.77. The van der Waals surface area contributed by atoms with Gasteiger partial charge in [-0.3, -0.25) is 4.79 Å². The van der Waals surface area contributed by atoms with E-state index in [1.807, 2.05) is 6.92 Å². The van der Waals surface area contributed by atoms with E-state index in [0.717, 1.165) is 5.56 Å². The number of aromatic nitrogens is 2. The number of sulfonamides is 1. The molecule has 11 heteroatoms. The van der Waals surface area contributed by atoms with Crippen LogP contribution in [0.25, 0.3) is 10.7 Å². The van der Waals surface area contributed by atoms with Crippen molar-refractivity contribution in [2.45, 2.75) is 38.5 Å². The van der Waals surface area contributed by atoms with Gasteiger partial charge in [-0.1, -0.05) is 22.8 Å². The maximum absolute atomic E-state index is 13.4. The standard InChI is InChI=1S/C21H23ClN4O4S2/c1-12-16(22)7-4-8-17(12)24-21(27)15-6-5-9-26(11-15)32(28,29)19-10-18(31-13(19)2)20-23-14(3)30-25-20/h4,7-8,10,15H,5-6,9,11H2,1-3H3,(H,24,27)/t15-/m1/s1. The van der Waals surface area contributed by atoms with Crippen molar-refractivity contribution in [1.82, 2.24) is 14.4 Å². The summed E-state index contributed by atoms with van der Waals surface area (Å²) in [5, 5.41) is 7.34. The van der Waals surface area contributed by atoms with Gasteiger partial charge in [-0.2, -0.15) is 9.29 Å². The lowest BCUT2D eigenvalue weighted by molar-refractivity contribution is -0.120. The molecule has 1 fully saturated rings. The molecular formula is C21H23ClN4O4S2. The predicted octanol–water partition coefficient (Wildman–Crippen LogP) is 4.42. The number of aryl methyl sites for hydroxylation is 2. The van der Waals surface area contributed by atoms with Crippen molar-refractivity contribution < 1.29 is 17.7 Å². The van der Waals surface area contributed by atoms with Crippen LogP contribution in [0, 0.1) is 26.7 Å². The van der Waals surface area contributed by atoms with Gasteiger partial charge in [0.2, 0.25) is 27.6 Å². The van der Waals surface area contributed by atoms with Crippen molar-refractivity contribution in [3.05, 3.63) is 45.6 Å². The van der Waals surface area contributed by atoms with Crippen molar-refractivity contribution in [1.29, 1.82) is 0 Å². The highest BCUT2D eigenvalue weighted by Crippen LogP contribution is 2.35. The number of rotatable bonds is 5. The molecule has 1 atom stereocenters. The molecule has 0 unspecified atom stereocenters. The van der Waals surface area contributed by atoms with Crippen molar-refractivity contribution in [3.63, 3.8) is 0 Å². The van der Waals surface area contributed by atoms with Crippen LogP contribution in [0.15, 0.2) is 33.7 Å². The van der Waals surface area contributed by atoms with Crippen LogP contribution >= 0.6 is 22.9 Å². The summed E-state index contributed by atoms with van der Waals surface area (Å²) in [5.74, 6) is 0.121. The fourth-order valence-corrected chi connectivity index (χ4v) is 6.91. The van der Waals surface area contributed by atoms with E-state index in [4.69, 9.17) is 16.1 Å². The molecule has 3 heterocycles. The second-order valence-corrected chi connectivity index (χ2v) is 11.3. The number of halogens is 1. The van der Waals surface area contributed by atoms with Gasteiger partial charge in [0, 0.05) is 35.6 Å². The van der Waals surface area contributed by atoms with E-state index < -0.39 is 15.9 Å². The van der Waals surface area contributed by atoms with Crippen LogP contribution < -0.4 is 5.32 Å². The number of hydrogen-bond donors (Lipinski definition) is 1. The molecule has 0 bridgehead atoms. The average molecular weight is 495 g/mol. The molecule has 3 aromatic rings. The van der Waals surface area contributed by atoms with Crippen molar-refractivity contribution in [2.75, 3.05) is 18.4 Å². The summed E-state index contributed by atoms with van der Waals surface area (Å²) in [7, 11) is -3.77. The van der Waals surface area contributed by atoms with Crippen LogP contribution in [0.1, 0.15) is 29.2 Å². The van der Waals surface area contributed by atoms with Gasteiger partial charge in [0.15, 0.2) is 0 Å². The summed E-state index contributed by atoms with van der Waals surface area (Å²) in [6.07, 6.45) is 1.22. The Hall–Kier alpha value is -2.27. The van der Waals surface area contributed by atoms with Gasteiger partial charge >= 0.3 is 0 Å². The Labute approximate surface area is 195 Å². The first-order valence-electron chi connectivity index (χ1n) is 10.1. The Bertz CT molecular complexity index is 1270. The molecule has 1 aromatic carbocycles. The number of nitrogens with one attached hydrogen (secondary N) is 1. The number of carbonyl (C=O) groups is 1. The Morgan fingerprint density at radius 3 is 2.81 bits per heavy atom. The first-order chi connectivity index (χ1) is 15.2. The summed E-state index contributed by atoms with van der Waals surface area (Å²) >= 11 is 7.44. The quantitative estimate of drug-likeness (QED) is 0.563. The van der Waals surface area contributed by atoms with Gasteiger partial charge in [-0.15, -0.1) is 11.3 Å². The zero-order valence-electron chi connectivity index (χ0n) is 17.9. The van der Waals surface area contributed by atoms with Gasteiger partial charge in [-0.25, -0.2) is 8.42 Å². The fraction of sp³-hybridized carbons (Fsp3) is 0.381. The van der Waals surface area contributed by atoms with Gasteiger partial charge in [0.1, 0.15) is 0 Å². The molecule has 4 rings (SSSR count). The minimum Gasteiger partial charge on any atom is -0.339 e. The third-order valence-corrected chi connectivity index (χ3v) is 9.09. The number of piperidine rings is 1. The first kappa shape index (κ1) is 22.9. The van der Waals surface area contributed by atoms with Crippen molar-refractivity contribution >= 4 is 44.6 Å². The predicted molar refractivity (Wildman–Crippen MR) is 123 cm³/mol. The monoisotopic (exact) mass is 494 g/mol. The molecule has 0 radical (unpaired) electrons. The fourth-order valence-electron chi connectivity index (χ4n) is 3.72. The van der Waals surface area contributed by atoms with Gasteiger partial charge in [0.25, 0.3) is 0 Å². The second-order valence-electron chi connectivity index (χ2n) is 7.77. The molecule has 0 spiro atoms. The summed E-state index contributed by atoms with van der Waals surface area (Å²) in [4.78, 5) is 18.6. The lowest BCUT2D eigenvalue weighted by atomic mass is 9.98. The Morgan fingerprint density at radius 2 is 2.09 bits per heavy atom. The zero-order valence-corrected chi connectivity index (χ0v) is 20.3. The molecule has 1 aliphatic heterocycles. The molecule has 32 heavy (non-hydrogen) atoms. The molecule has 1 N–H and O–H groups in total. The van der Waals surface area contributed by atoms with E-state index in [1.54, 1.807) is 38.1 Å². The highest BCUT2D eigenvalue weighted by Gasteiger charge is 2.35. The molecule has 170 valence electrons. The van der Waals surface area contributed by atoms with Crippen LogP contribution in [0.2, 0.25) is 5.02 Å². The number of hydrogen-bond acceptors (Lipinski definition) is 7. The number of amides is 1. The molecule has 0 saturated carbocycles. The third kappa shape index (κ3) is 4.45. The van der Waals surface area contributed by atoms with Gasteiger partial charge in [0.05, 0.1) is 15.7 Å². The van der Waals surface area contributed by atoms with E-state index in [2.05, 4.69) is 15.5 Å². The second kappa shape index (κ2) is 8.93. The molecule has 0 aliphatic carbocycles. The van der Waals surface area contributed by atoms with Crippen LogP contribution in [-0.2, 0) is 14.8 Å². The Kier molecular flexibility index (Phi) is 6.39. The number of carbonyl (C=O) groups excluding carboxylic acids is 1. The first-order valence-corrected chi connectivity index (χ1v) is 12.8.